The zero-order chi connectivity index (χ0) is 14.7. The molecule has 0 radical (unpaired) electrons. The Kier molecular flexibility index (Phi) is 4.67. The van der Waals surface area contributed by atoms with Crippen molar-refractivity contribution in [2.45, 2.75) is 30.8 Å². The first-order chi connectivity index (χ1) is 9.49. The number of aliphatic carboxylic acids is 1. The summed E-state index contributed by atoms with van der Waals surface area (Å²) in [6.45, 7) is 2.11. The van der Waals surface area contributed by atoms with Crippen LogP contribution in [0.4, 0.5) is 5.69 Å². The van der Waals surface area contributed by atoms with Crippen molar-refractivity contribution < 1.29 is 19.8 Å². The van der Waals surface area contributed by atoms with Gasteiger partial charge in [0.25, 0.3) is 0 Å². The van der Waals surface area contributed by atoms with Gasteiger partial charge in [-0.25, -0.2) is 0 Å². The fourth-order valence-corrected chi connectivity index (χ4v) is 3.09. The van der Waals surface area contributed by atoms with Crippen LogP contribution in [0.25, 0.3) is 0 Å². The molecular formula is C14H17NO4S. The Morgan fingerprint density at radius 3 is 2.90 bits per heavy atom. The van der Waals surface area contributed by atoms with Crippen molar-refractivity contribution in [3.63, 3.8) is 0 Å². The summed E-state index contributed by atoms with van der Waals surface area (Å²) in [7, 11) is 0. The van der Waals surface area contributed by atoms with Gasteiger partial charge < -0.3 is 15.1 Å². The second kappa shape index (κ2) is 6.28. The summed E-state index contributed by atoms with van der Waals surface area (Å²) in [6.07, 6.45) is -0.0552. The minimum Gasteiger partial charge on any atom is -0.481 e. The van der Waals surface area contributed by atoms with Crippen LogP contribution in [0.3, 0.4) is 0 Å². The van der Waals surface area contributed by atoms with Gasteiger partial charge in [0.05, 0.1) is 17.5 Å². The minimum absolute atomic E-state index is 0.00214. The molecule has 1 amide bonds. The second-order valence-corrected chi connectivity index (χ2v) is 5.75. The number of anilines is 1. The smallest absolute Gasteiger partial charge is 0.303 e. The molecule has 6 heteroatoms. The number of fused-ring (bicyclic) bond motifs is 1. The number of nitrogens with zero attached hydrogens (tertiary/aromatic N) is 1. The molecule has 0 saturated heterocycles. The van der Waals surface area contributed by atoms with E-state index in [-0.39, 0.29) is 12.3 Å². The Balaban J connectivity index is 2.18. The lowest BCUT2D eigenvalue weighted by Gasteiger charge is -2.29. The van der Waals surface area contributed by atoms with Gasteiger partial charge in [0.15, 0.2) is 0 Å². The molecule has 1 aromatic rings. The van der Waals surface area contributed by atoms with Crippen LogP contribution in [0.15, 0.2) is 23.1 Å². The molecule has 0 aromatic heterocycles. The van der Waals surface area contributed by atoms with Gasteiger partial charge >= 0.3 is 5.97 Å². The van der Waals surface area contributed by atoms with Crippen LogP contribution in [-0.4, -0.2) is 34.4 Å². The zero-order valence-electron chi connectivity index (χ0n) is 11.2. The number of aliphatic hydroxyl groups is 1. The van der Waals surface area contributed by atoms with Gasteiger partial charge in [-0.2, -0.15) is 0 Å². The standard InChI is InChI=1S/C14H17NO4S/c1-9(16)10-4-5-11-12(7-10)20-8-13(17)15(11)6-2-3-14(18)19/h4-5,7,9,16H,2-3,6,8H2,1H3,(H,18,19). The summed E-state index contributed by atoms with van der Waals surface area (Å²) in [6, 6.07) is 5.51. The average molecular weight is 295 g/mol. The summed E-state index contributed by atoms with van der Waals surface area (Å²) < 4.78 is 0. The lowest BCUT2D eigenvalue weighted by Crippen LogP contribution is -2.36. The number of hydrogen-bond donors (Lipinski definition) is 2. The molecule has 0 spiro atoms. The van der Waals surface area contributed by atoms with E-state index in [0.29, 0.717) is 18.7 Å². The summed E-state index contributed by atoms with van der Waals surface area (Å²) in [5.74, 6) is -0.505. The number of aliphatic hydroxyl groups excluding tert-OH is 1. The van der Waals surface area contributed by atoms with Crippen LogP contribution >= 0.6 is 11.8 Å². The summed E-state index contributed by atoms with van der Waals surface area (Å²) in [5.41, 5.74) is 1.62. The Labute approximate surface area is 121 Å². The van der Waals surface area contributed by atoms with E-state index >= 15 is 0 Å². The van der Waals surface area contributed by atoms with Crippen molar-refractivity contribution >= 4 is 29.3 Å². The first-order valence-corrected chi connectivity index (χ1v) is 7.44. The number of carboxylic acids is 1. The Bertz CT molecular complexity index is 530. The van der Waals surface area contributed by atoms with E-state index in [1.54, 1.807) is 17.9 Å². The molecule has 0 fully saturated rings. The fourth-order valence-electron chi connectivity index (χ4n) is 2.11. The predicted molar refractivity (Wildman–Crippen MR) is 77.0 cm³/mol. The van der Waals surface area contributed by atoms with E-state index in [4.69, 9.17) is 5.11 Å². The SMILES string of the molecule is CC(O)c1ccc2c(c1)SCC(=O)N2CCCC(=O)O. The average Bonchev–Trinajstić information content (AvgIpc) is 2.40. The maximum Gasteiger partial charge on any atom is 0.303 e. The molecule has 5 nitrogen and oxygen atoms in total. The predicted octanol–water partition coefficient (Wildman–Crippen LogP) is 2.04. The normalized spacial score (nSPS) is 15.9. The lowest BCUT2D eigenvalue weighted by atomic mass is 10.1. The third-order valence-electron chi connectivity index (χ3n) is 3.18. The highest BCUT2D eigenvalue weighted by atomic mass is 32.2. The number of amides is 1. The van der Waals surface area contributed by atoms with Gasteiger partial charge in [-0.05, 0) is 31.0 Å². The van der Waals surface area contributed by atoms with Crippen LogP contribution in [0.5, 0.6) is 0 Å². The van der Waals surface area contributed by atoms with Crippen molar-refractivity contribution in [2.24, 2.45) is 0 Å². The maximum atomic E-state index is 12.0. The highest BCUT2D eigenvalue weighted by Crippen LogP contribution is 2.37. The van der Waals surface area contributed by atoms with Gasteiger partial charge in [0, 0.05) is 17.9 Å². The molecule has 0 aliphatic carbocycles. The van der Waals surface area contributed by atoms with Crippen LogP contribution in [0, 0.1) is 0 Å². The molecule has 20 heavy (non-hydrogen) atoms. The molecule has 1 unspecified atom stereocenters. The minimum atomic E-state index is -0.853. The zero-order valence-corrected chi connectivity index (χ0v) is 12.0. The number of carbonyl (C=O) groups excluding carboxylic acids is 1. The first kappa shape index (κ1) is 14.9. The summed E-state index contributed by atoms with van der Waals surface area (Å²) in [4.78, 5) is 25.1. The van der Waals surface area contributed by atoms with E-state index < -0.39 is 12.1 Å². The second-order valence-electron chi connectivity index (χ2n) is 4.73. The van der Waals surface area contributed by atoms with Gasteiger partial charge in [0.1, 0.15) is 0 Å². The fraction of sp³-hybridized carbons (Fsp3) is 0.429. The maximum absolute atomic E-state index is 12.0. The number of rotatable bonds is 5. The van der Waals surface area contributed by atoms with Crippen molar-refractivity contribution in [2.75, 3.05) is 17.2 Å². The van der Waals surface area contributed by atoms with E-state index in [0.717, 1.165) is 16.1 Å². The van der Waals surface area contributed by atoms with Gasteiger partial charge in [-0.15, -0.1) is 11.8 Å². The summed E-state index contributed by atoms with van der Waals surface area (Å²) in [5, 5.41) is 18.3. The topological polar surface area (TPSA) is 77.8 Å². The number of thioether (sulfide) groups is 1. The van der Waals surface area contributed by atoms with Crippen molar-refractivity contribution in [3.05, 3.63) is 23.8 Å². The molecule has 1 aliphatic rings. The third kappa shape index (κ3) is 3.32. The van der Waals surface area contributed by atoms with E-state index in [1.165, 1.54) is 11.8 Å². The number of carboxylic acid groups (broad SMARTS) is 1. The van der Waals surface area contributed by atoms with Crippen LogP contribution in [0.2, 0.25) is 0 Å². The third-order valence-corrected chi connectivity index (χ3v) is 4.21. The molecule has 108 valence electrons. The van der Waals surface area contributed by atoms with Crippen LogP contribution < -0.4 is 4.90 Å². The molecule has 0 bridgehead atoms. The van der Waals surface area contributed by atoms with Gasteiger partial charge in [-0.3, -0.25) is 9.59 Å². The Morgan fingerprint density at radius 2 is 2.25 bits per heavy atom. The van der Waals surface area contributed by atoms with Crippen LogP contribution in [0.1, 0.15) is 31.4 Å². The largest absolute Gasteiger partial charge is 0.481 e. The lowest BCUT2D eigenvalue weighted by molar-refractivity contribution is -0.137. The first-order valence-electron chi connectivity index (χ1n) is 6.46. The molecule has 2 rings (SSSR count). The molecule has 1 atom stereocenters. The summed E-state index contributed by atoms with van der Waals surface area (Å²) >= 11 is 1.45. The van der Waals surface area contributed by atoms with Crippen molar-refractivity contribution in [3.8, 4) is 0 Å². The highest BCUT2D eigenvalue weighted by molar-refractivity contribution is 8.00. The van der Waals surface area contributed by atoms with E-state index in [2.05, 4.69) is 0 Å². The van der Waals surface area contributed by atoms with Gasteiger partial charge in [-0.1, -0.05) is 6.07 Å². The van der Waals surface area contributed by atoms with Crippen LogP contribution in [-0.2, 0) is 9.59 Å². The molecular weight excluding hydrogens is 278 g/mol. The van der Waals surface area contributed by atoms with E-state index in [9.17, 15) is 14.7 Å². The number of benzene rings is 1. The highest BCUT2D eigenvalue weighted by Gasteiger charge is 2.25. The molecule has 1 aromatic carbocycles. The van der Waals surface area contributed by atoms with E-state index in [1.807, 2.05) is 12.1 Å². The van der Waals surface area contributed by atoms with Crippen molar-refractivity contribution in [1.29, 1.82) is 0 Å². The Morgan fingerprint density at radius 1 is 1.50 bits per heavy atom. The monoisotopic (exact) mass is 295 g/mol. The molecule has 0 saturated carbocycles. The molecule has 1 heterocycles. The quantitative estimate of drug-likeness (QED) is 0.869. The number of hydrogen-bond acceptors (Lipinski definition) is 4. The molecule has 1 aliphatic heterocycles. The number of carbonyl (C=O) groups is 2. The van der Waals surface area contributed by atoms with Crippen molar-refractivity contribution in [1.82, 2.24) is 0 Å². The molecule has 2 N–H and O–H groups in total. The Hall–Kier alpha value is -1.53. The van der Waals surface area contributed by atoms with Gasteiger partial charge in [0.2, 0.25) is 5.91 Å².